The number of carbonyl (C=O) groups excluding carboxylic acids is 1. The fourth-order valence-electron chi connectivity index (χ4n) is 3.02. The molecular weight excluding hydrogens is 286 g/mol. The molecule has 1 aliphatic rings. The van der Waals surface area contributed by atoms with Crippen LogP contribution < -0.4 is 9.47 Å². The molecule has 22 heavy (non-hydrogen) atoms. The molecule has 2 rings (SSSR count). The van der Waals surface area contributed by atoms with Crippen molar-refractivity contribution in [1.29, 1.82) is 0 Å². The van der Waals surface area contributed by atoms with E-state index in [9.17, 15) is 14.7 Å². The Balaban J connectivity index is 2.49. The fraction of sp³-hybridized carbons (Fsp3) is 0.500. The molecule has 1 amide bonds. The minimum atomic E-state index is -0.962. The molecule has 0 radical (unpaired) electrons. The molecule has 6 nitrogen and oxygen atoms in total. The Hall–Kier alpha value is -2.24. The molecule has 1 aromatic carbocycles. The third kappa shape index (κ3) is 2.73. The van der Waals surface area contributed by atoms with Gasteiger partial charge in [-0.2, -0.15) is 0 Å². The number of methoxy groups -OCH3 is 2. The lowest BCUT2D eigenvalue weighted by molar-refractivity contribution is -0.142. The van der Waals surface area contributed by atoms with E-state index in [1.807, 2.05) is 13.8 Å². The van der Waals surface area contributed by atoms with Gasteiger partial charge in [-0.05, 0) is 31.5 Å². The van der Waals surface area contributed by atoms with Gasteiger partial charge in [0.05, 0.1) is 26.2 Å². The standard InChI is InChI=1S/C16H21NO5/c1-9(2)17-14(18)8-11(16(19)20)15(17)10-5-6-12(21-3)13(7-10)22-4/h5-7,9,11,15H,8H2,1-4H3,(H,19,20)/t11-,15+/m1/s1. The molecule has 1 aliphatic heterocycles. The first-order valence-electron chi connectivity index (χ1n) is 7.16. The molecule has 0 unspecified atom stereocenters. The molecule has 1 aromatic rings. The first-order chi connectivity index (χ1) is 10.4. The van der Waals surface area contributed by atoms with Crippen molar-refractivity contribution in [3.05, 3.63) is 23.8 Å². The second-order valence-corrected chi connectivity index (χ2v) is 5.60. The predicted molar refractivity (Wildman–Crippen MR) is 80.0 cm³/mol. The van der Waals surface area contributed by atoms with Crippen LogP contribution in [-0.2, 0) is 9.59 Å². The van der Waals surface area contributed by atoms with E-state index in [2.05, 4.69) is 0 Å². The highest BCUT2D eigenvalue weighted by atomic mass is 16.5. The lowest BCUT2D eigenvalue weighted by Gasteiger charge is -2.31. The molecule has 1 saturated heterocycles. The van der Waals surface area contributed by atoms with Crippen molar-refractivity contribution in [2.75, 3.05) is 14.2 Å². The van der Waals surface area contributed by atoms with Crippen molar-refractivity contribution in [2.45, 2.75) is 32.4 Å². The molecule has 2 atom stereocenters. The molecule has 0 aliphatic carbocycles. The summed E-state index contributed by atoms with van der Waals surface area (Å²) in [5.41, 5.74) is 0.740. The normalized spacial score (nSPS) is 21.3. The number of rotatable bonds is 5. The fourth-order valence-corrected chi connectivity index (χ4v) is 3.02. The molecule has 6 heteroatoms. The second kappa shape index (κ2) is 6.25. The van der Waals surface area contributed by atoms with E-state index in [1.54, 1.807) is 23.1 Å². The minimum Gasteiger partial charge on any atom is -0.493 e. The van der Waals surface area contributed by atoms with E-state index >= 15 is 0 Å². The van der Waals surface area contributed by atoms with E-state index < -0.39 is 17.9 Å². The van der Waals surface area contributed by atoms with Crippen LogP contribution in [0.1, 0.15) is 31.9 Å². The monoisotopic (exact) mass is 307 g/mol. The Morgan fingerprint density at radius 1 is 1.27 bits per heavy atom. The maximum atomic E-state index is 12.2. The van der Waals surface area contributed by atoms with Crippen LogP contribution in [0.15, 0.2) is 18.2 Å². The Labute approximate surface area is 129 Å². The number of amides is 1. The van der Waals surface area contributed by atoms with Gasteiger partial charge in [0.2, 0.25) is 5.91 Å². The highest BCUT2D eigenvalue weighted by Gasteiger charge is 2.45. The zero-order valence-electron chi connectivity index (χ0n) is 13.2. The first kappa shape index (κ1) is 16.1. The van der Waals surface area contributed by atoms with E-state index in [-0.39, 0.29) is 18.4 Å². The van der Waals surface area contributed by atoms with Crippen molar-refractivity contribution < 1.29 is 24.2 Å². The summed E-state index contributed by atoms with van der Waals surface area (Å²) < 4.78 is 10.5. The number of hydrogen-bond donors (Lipinski definition) is 1. The van der Waals surface area contributed by atoms with E-state index in [0.29, 0.717) is 11.5 Å². The molecule has 1 heterocycles. The summed E-state index contributed by atoms with van der Waals surface area (Å²) in [4.78, 5) is 25.4. The molecule has 0 saturated carbocycles. The SMILES string of the molecule is COc1ccc([C@H]2[C@H](C(=O)O)CC(=O)N2C(C)C)cc1OC. The van der Waals surface area contributed by atoms with E-state index in [0.717, 1.165) is 5.56 Å². The summed E-state index contributed by atoms with van der Waals surface area (Å²) in [5.74, 6) is -0.766. The number of nitrogens with zero attached hydrogens (tertiary/aromatic N) is 1. The second-order valence-electron chi connectivity index (χ2n) is 5.60. The quantitative estimate of drug-likeness (QED) is 0.901. The number of carbonyl (C=O) groups is 2. The van der Waals surface area contributed by atoms with Gasteiger partial charge >= 0.3 is 5.97 Å². The zero-order valence-corrected chi connectivity index (χ0v) is 13.2. The molecule has 0 bridgehead atoms. The molecule has 1 N–H and O–H groups in total. The Morgan fingerprint density at radius 3 is 2.41 bits per heavy atom. The van der Waals surface area contributed by atoms with Gasteiger partial charge in [-0.15, -0.1) is 0 Å². The van der Waals surface area contributed by atoms with Crippen LogP contribution in [0.25, 0.3) is 0 Å². The van der Waals surface area contributed by atoms with Gasteiger partial charge in [-0.3, -0.25) is 9.59 Å². The zero-order chi connectivity index (χ0) is 16.4. The van der Waals surface area contributed by atoms with Crippen LogP contribution in [0.3, 0.4) is 0 Å². The summed E-state index contributed by atoms with van der Waals surface area (Å²) in [6.45, 7) is 3.77. The highest BCUT2D eigenvalue weighted by Crippen LogP contribution is 2.42. The van der Waals surface area contributed by atoms with Crippen LogP contribution in [0, 0.1) is 5.92 Å². The van der Waals surface area contributed by atoms with E-state index in [4.69, 9.17) is 9.47 Å². The number of aliphatic carboxylic acids is 1. The number of hydrogen-bond acceptors (Lipinski definition) is 4. The number of likely N-dealkylation sites (tertiary alicyclic amines) is 1. The third-order valence-corrected chi connectivity index (χ3v) is 3.99. The van der Waals surface area contributed by atoms with Gasteiger partial charge in [-0.25, -0.2) is 0 Å². The number of carboxylic acids is 1. The average molecular weight is 307 g/mol. The van der Waals surface area contributed by atoms with E-state index in [1.165, 1.54) is 14.2 Å². The summed E-state index contributed by atoms with van der Waals surface area (Å²) in [7, 11) is 3.06. The highest BCUT2D eigenvalue weighted by molar-refractivity contribution is 5.87. The van der Waals surface area contributed by atoms with Gasteiger partial charge in [-0.1, -0.05) is 6.07 Å². The van der Waals surface area contributed by atoms with Crippen molar-refractivity contribution in [3.8, 4) is 11.5 Å². The Bertz CT molecular complexity index is 584. The van der Waals surface area contributed by atoms with Gasteiger partial charge in [0, 0.05) is 12.5 Å². The summed E-state index contributed by atoms with van der Waals surface area (Å²) >= 11 is 0. The minimum absolute atomic E-state index is 0.0204. The van der Waals surface area contributed by atoms with Crippen LogP contribution >= 0.6 is 0 Å². The van der Waals surface area contributed by atoms with Gasteiger partial charge in [0.1, 0.15) is 0 Å². The predicted octanol–water partition coefficient (Wildman–Crippen LogP) is 2.09. The molecule has 1 fully saturated rings. The van der Waals surface area contributed by atoms with Gasteiger partial charge in [0.25, 0.3) is 0 Å². The van der Waals surface area contributed by atoms with Crippen molar-refractivity contribution >= 4 is 11.9 Å². The maximum absolute atomic E-state index is 12.2. The lowest BCUT2D eigenvalue weighted by atomic mass is 9.93. The summed E-state index contributed by atoms with van der Waals surface area (Å²) in [6.07, 6.45) is 0.0204. The molecule has 120 valence electrons. The number of carboxylic acid groups (broad SMARTS) is 1. The summed E-state index contributed by atoms with van der Waals surface area (Å²) in [6, 6.07) is 4.69. The summed E-state index contributed by atoms with van der Waals surface area (Å²) in [5, 5.41) is 9.45. The van der Waals surface area contributed by atoms with Crippen LogP contribution in [-0.4, -0.2) is 42.1 Å². The van der Waals surface area contributed by atoms with Crippen molar-refractivity contribution in [3.63, 3.8) is 0 Å². The van der Waals surface area contributed by atoms with Crippen LogP contribution in [0.5, 0.6) is 11.5 Å². The van der Waals surface area contributed by atoms with Crippen LogP contribution in [0.2, 0.25) is 0 Å². The third-order valence-electron chi connectivity index (χ3n) is 3.99. The lowest BCUT2D eigenvalue weighted by Crippen LogP contribution is -2.36. The number of ether oxygens (including phenoxy) is 2. The number of benzene rings is 1. The Morgan fingerprint density at radius 2 is 1.91 bits per heavy atom. The van der Waals surface area contributed by atoms with Crippen molar-refractivity contribution in [1.82, 2.24) is 4.90 Å². The molecule has 0 spiro atoms. The van der Waals surface area contributed by atoms with Crippen molar-refractivity contribution in [2.24, 2.45) is 5.92 Å². The van der Waals surface area contributed by atoms with Crippen LogP contribution in [0.4, 0.5) is 0 Å². The first-order valence-corrected chi connectivity index (χ1v) is 7.16. The Kier molecular flexibility index (Phi) is 4.59. The average Bonchev–Trinajstić information content (AvgIpc) is 2.84. The maximum Gasteiger partial charge on any atom is 0.309 e. The van der Waals surface area contributed by atoms with Gasteiger partial charge in [0.15, 0.2) is 11.5 Å². The van der Waals surface area contributed by atoms with Gasteiger partial charge < -0.3 is 19.5 Å². The largest absolute Gasteiger partial charge is 0.493 e. The molecule has 0 aromatic heterocycles. The smallest absolute Gasteiger partial charge is 0.309 e. The topological polar surface area (TPSA) is 76.1 Å². The molecular formula is C16H21NO5.